The van der Waals surface area contributed by atoms with Gasteiger partial charge >= 0.3 is 5.97 Å². The third-order valence-corrected chi connectivity index (χ3v) is 3.42. The molecular formula is C19H21NO6. The maximum atomic E-state index is 12.3. The smallest absolute Gasteiger partial charge is 0.342 e. The number of rotatable bonds is 8. The minimum absolute atomic E-state index is 0.175. The molecule has 0 atom stereocenters. The number of esters is 1. The van der Waals surface area contributed by atoms with Gasteiger partial charge in [0.2, 0.25) is 0 Å². The van der Waals surface area contributed by atoms with E-state index in [-0.39, 0.29) is 11.3 Å². The standard InChI is InChI=1S/C19H21NO6/c1-4-25-15-10-6-5-9-14(15)20-17(21)12-26-19(22)13-8-7-11-16(23-2)18(13)24-3/h5-11H,4,12H2,1-3H3,(H,20,21). The molecule has 0 aromatic heterocycles. The molecule has 0 bridgehead atoms. The van der Waals surface area contributed by atoms with E-state index in [1.807, 2.05) is 6.92 Å². The Morgan fingerprint density at radius 2 is 1.69 bits per heavy atom. The summed E-state index contributed by atoms with van der Waals surface area (Å²) in [6.45, 7) is 1.87. The predicted molar refractivity (Wildman–Crippen MR) is 96.1 cm³/mol. The van der Waals surface area contributed by atoms with Gasteiger partial charge in [-0.3, -0.25) is 4.79 Å². The molecule has 0 fully saturated rings. The Morgan fingerprint density at radius 3 is 2.38 bits per heavy atom. The summed E-state index contributed by atoms with van der Waals surface area (Å²) >= 11 is 0. The van der Waals surface area contributed by atoms with Crippen LogP contribution in [0, 0.1) is 0 Å². The van der Waals surface area contributed by atoms with E-state index in [1.54, 1.807) is 36.4 Å². The number of ether oxygens (including phenoxy) is 4. The molecule has 0 heterocycles. The molecule has 138 valence electrons. The van der Waals surface area contributed by atoms with E-state index in [0.29, 0.717) is 23.8 Å². The zero-order valence-electron chi connectivity index (χ0n) is 14.9. The van der Waals surface area contributed by atoms with Gasteiger partial charge in [-0.1, -0.05) is 18.2 Å². The first-order valence-electron chi connectivity index (χ1n) is 8.00. The van der Waals surface area contributed by atoms with E-state index in [1.165, 1.54) is 20.3 Å². The van der Waals surface area contributed by atoms with Crippen molar-refractivity contribution < 1.29 is 28.5 Å². The molecule has 0 spiro atoms. The second kappa shape index (κ2) is 9.31. The van der Waals surface area contributed by atoms with E-state index >= 15 is 0 Å². The summed E-state index contributed by atoms with van der Waals surface area (Å²) in [4.78, 5) is 24.3. The highest BCUT2D eigenvalue weighted by Crippen LogP contribution is 2.31. The summed E-state index contributed by atoms with van der Waals surface area (Å²) in [7, 11) is 2.89. The molecule has 7 nitrogen and oxygen atoms in total. The van der Waals surface area contributed by atoms with Crippen LogP contribution >= 0.6 is 0 Å². The van der Waals surface area contributed by atoms with Crippen LogP contribution in [0.5, 0.6) is 17.2 Å². The van der Waals surface area contributed by atoms with E-state index in [4.69, 9.17) is 18.9 Å². The number of para-hydroxylation sites is 3. The van der Waals surface area contributed by atoms with Crippen molar-refractivity contribution in [2.24, 2.45) is 0 Å². The molecule has 0 aliphatic rings. The molecule has 1 N–H and O–H groups in total. The van der Waals surface area contributed by atoms with Crippen LogP contribution in [0.25, 0.3) is 0 Å². The summed E-state index contributed by atoms with van der Waals surface area (Å²) in [5.74, 6) is 0.0321. The summed E-state index contributed by atoms with van der Waals surface area (Å²) in [5, 5.41) is 2.66. The number of methoxy groups -OCH3 is 2. The van der Waals surface area contributed by atoms with Gasteiger partial charge in [0.15, 0.2) is 18.1 Å². The SMILES string of the molecule is CCOc1ccccc1NC(=O)COC(=O)c1cccc(OC)c1OC. The largest absolute Gasteiger partial charge is 0.493 e. The highest BCUT2D eigenvalue weighted by atomic mass is 16.5. The van der Waals surface area contributed by atoms with Crippen LogP contribution in [0.3, 0.4) is 0 Å². The molecule has 1 amide bonds. The molecule has 0 unspecified atom stereocenters. The number of hydrogen-bond donors (Lipinski definition) is 1. The van der Waals surface area contributed by atoms with Gasteiger partial charge in [0, 0.05) is 0 Å². The Labute approximate surface area is 151 Å². The van der Waals surface area contributed by atoms with Crippen molar-refractivity contribution >= 4 is 17.6 Å². The molecule has 0 saturated carbocycles. The third-order valence-electron chi connectivity index (χ3n) is 3.42. The predicted octanol–water partition coefficient (Wildman–Crippen LogP) is 2.90. The minimum Gasteiger partial charge on any atom is -0.493 e. The number of benzene rings is 2. The number of amides is 1. The second-order valence-electron chi connectivity index (χ2n) is 5.09. The fourth-order valence-corrected chi connectivity index (χ4v) is 2.29. The Balaban J connectivity index is 2.01. The normalized spacial score (nSPS) is 9.96. The number of anilines is 1. The highest BCUT2D eigenvalue weighted by molar-refractivity contribution is 5.97. The van der Waals surface area contributed by atoms with Gasteiger partial charge in [0.25, 0.3) is 5.91 Å². The molecule has 0 saturated heterocycles. The monoisotopic (exact) mass is 359 g/mol. The third kappa shape index (κ3) is 4.66. The zero-order chi connectivity index (χ0) is 18.9. The fraction of sp³-hybridized carbons (Fsp3) is 0.263. The highest BCUT2D eigenvalue weighted by Gasteiger charge is 2.19. The Bertz CT molecular complexity index is 774. The lowest BCUT2D eigenvalue weighted by molar-refractivity contribution is -0.119. The van der Waals surface area contributed by atoms with Crippen LogP contribution < -0.4 is 19.5 Å². The van der Waals surface area contributed by atoms with E-state index in [2.05, 4.69) is 5.32 Å². The fourth-order valence-electron chi connectivity index (χ4n) is 2.29. The van der Waals surface area contributed by atoms with Crippen molar-refractivity contribution in [3.05, 3.63) is 48.0 Å². The van der Waals surface area contributed by atoms with Crippen molar-refractivity contribution in [2.75, 3.05) is 32.8 Å². The first-order chi connectivity index (χ1) is 12.6. The first-order valence-corrected chi connectivity index (χ1v) is 8.00. The van der Waals surface area contributed by atoms with Crippen LogP contribution in [0.4, 0.5) is 5.69 Å². The number of carbonyl (C=O) groups is 2. The van der Waals surface area contributed by atoms with Crippen LogP contribution in [0.1, 0.15) is 17.3 Å². The second-order valence-corrected chi connectivity index (χ2v) is 5.09. The average molecular weight is 359 g/mol. The molecule has 7 heteroatoms. The maximum absolute atomic E-state index is 12.3. The molecule has 0 aliphatic heterocycles. The number of nitrogens with one attached hydrogen (secondary N) is 1. The van der Waals surface area contributed by atoms with Crippen molar-refractivity contribution in [2.45, 2.75) is 6.92 Å². The van der Waals surface area contributed by atoms with Gasteiger partial charge in [-0.05, 0) is 31.2 Å². The van der Waals surface area contributed by atoms with Crippen LogP contribution in [-0.4, -0.2) is 39.3 Å². The molecule has 2 aromatic rings. The molecule has 2 aromatic carbocycles. The van der Waals surface area contributed by atoms with Crippen molar-refractivity contribution in [3.8, 4) is 17.2 Å². The minimum atomic E-state index is -0.686. The number of hydrogen-bond acceptors (Lipinski definition) is 6. The lowest BCUT2D eigenvalue weighted by Crippen LogP contribution is -2.21. The summed E-state index contributed by atoms with van der Waals surface area (Å²) in [5.41, 5.74) is 0.684. The summed E-state index contributed by atoms with van der Waals surface area (Å²) in [6, 6.07) is 11.8. The maximum Gasteiger partial charge on any atom is 0.342 e. The van der Waals surface area contributed by atoms with E-state index in [9.17, 15) is 9.59 Å². The topological polar surface area (TPSA) is 83.1 Å². The first kappa shape index (κ1) is 19.1. The average Bonchev–Trinajstić information content (AvgIpc) is 2.67. The summed E-state index contributed by atoms with van der Waals surface area (Å²) < 4.78 is 20.8. The van der Waals surface area contributed by atoms with Gasteiger partial charge in [-0.2, -0.15) is 0 Å². The summed E-state index contributed by atoms with van der Waals surface area (Å²) in [6.07, 6.45) is 0. The van der Waals surface area contributed by atoms with E-state index in [0.717, 1.165) is 0 Å². The van der Waals surface area contributed by atoms with Gasteiger partial charge < -0.3 is 24.3 Å². The van der Waals surface area contributed by atoms with Crippen molar-refractivity contribution in [1.82, 2.24) is 0 Å². The van der Waals surface area contributed by atoms with Gasteiger partial charge in [-0.25, -0.2) is 4.79 Å². The molecule has 0 aliphatic carbocycles. The van der Waals surface area contributed by atoms with Gasteiger partial charge in [-0.15, -0.1) is 0 Å². The zero-order valence-corrected chi connectivity index (χ0v) is 14.9. The van der Waals surface area contributed by atoms with Crippen LogP contribution in [-0.2, 0) is 9.53 Å². The van der Waals surface area contributed by atoms with Crippen LogP contribution in [0.15, 0.2) is 42.5 Å². The molecule has 2 rings (SSSR count). The Morgan fingerprint density at radius 1 is 0.962 bits per heavy atom. The molecule has 26 heavy (non-hydrogen) atoms. The van der Waals surface area contributed by atoms with Crippen LogP contribution in [0.2, 0.25) is 0 Å². The van der Waals surface area contributed by atoms with Gasteiger partial charge in [0.05, 0.1) is 26.5 Å². The lowest BCUT2D eigenvalue weighted by atomic mass is 10.2. The van der Waals surface area contributed by atoms with Gasteiger partial charge in [0.1, 0.15) is 11.3 Å². The van der Waals surface area contributed by atoms with Crippen molar-refractivity contribution in [1.29, 1.82) is 0 Å². The van der Waals surface area contributed by atoms with E-state index < -0.39 is 18.5 Å². The Hall–Kier alpha value is -3.22. The van der Waals surface area contributed by atoms with Crippen molar-refractivity contribution in [3.63, 3.8) is 0 Å². The Kier molecular flexibility index (Phi) is 6.84. The molecular weight excluding hydrogens is 338 g/mol. The number of carbonyl (C=O) groups excluding carboxylic acids is 2. The quantitative estimate of drug-likeness (QED) is 0.730. The molecule has 0 radical (unpaired) electrons. The lowest BCUT2D eigenvalue weighted by Gasteiger charge is -2.13.